The number of rotatable bonds is 18. The van der Waals surface area contributed by atoms with E-state index in [4.69, 9.17) is 4.42 Å². The molecule has 0 N–H and O–H groups in total. The van der Waals surface area contributed by atoms with Gasteiger partial charge in [-0.1, -0.05) is 130 Å². The van der Waals surface area contributed by atoms with Gasteiger partial charge in [-0.25, -0.2) is 0 Å². The van der Waals surface area contributed by atoms with Crippen LogP contribution in [0.4, 0.5) is 0 Å². The number of furan rings is 1. The Hall–Kier alpha value is -0.700. The number of unbranched alkanes of at least 4 members (excludes halogenated alkanes) is 11. The molecule has 0 aliphatic heterocycles. The van der Waals surface area contributed by atoms with Crippen molar-refractivity contribution in [3.05, 3.63) is 17.9 Å². The lowest BCUT2D eigenvalue weighted by atomic mass is 9.88. The van der Waals surface area contributed by atoms with Crippen molar-refractivity contribution >= 4 is 17.5 Å². The van der Waals surface area contributed by atoms with Gasteiger partial charge in [0, 0.05) is 10.7 Å². The molecule has 0 radical (unpaired) electrons. The largest absolute Gasteiger partial charge is 0.457 e. The number of hydrogen-bond donors (Lipinski definition) is 0. The van der Waals surface area contributed by atoms with Gasteiger partial charge >= 0.3 is 0 Å². The molecule has 0 saturated heterocycles. The molecule has 3 heteroatoms. The summed E-state index contributed by atoms with van der Waals surface area (Å²) in [6.07, 6.45) is 21.8. The first kappa shape index (κ1) is 27.3. The third-order valence-electron chi connectivity index (χ3n) is 5.84. The summed E-state index contributed by atoms with van der Waals surface area (Å²) in [4.78, 5) is 12.7. The highest BCUT2D eigenvalue weighted by Gasteiger charge is 2.28. The maximum Gasteiger partial charge on any atom is 0.172 e. The Morgan fingerprint density at radius 1 is 0.833 bits per heavy atom. The standard InChI is InChI=1S/C27H48O2S/c1-6-8-10-11-12-13-14-15-16-17-18-20-23(19-9-7-2)30-26-24(21-22-29-26)25(28)27(3,4)5/h21-23H,6-20H2,1-5H3. The summed E-state index contributed by atoms with van der Waals surface area (Å²) in [6, 6.07) is 1.86. The van der Waals surface area contributed by atoms with Crippen molar-refractivity contribution in [1.29, 1.82) is 0 Å². The lowest BCUT2D eigenvalue weighted by molar-refractivity contribution is 0.0852. The summed E-state index contributed by atoms with van der Waals surface area (Å²) in [7, 11) is 0. The molecule has 1 heterocycles. The van der Waals surface area contributed by atoms with Crippen LogP contribution in [0.2, 0.25) is 0 Å². The molecule has 1 unspecified atom stereocenters. The third kappa shape index (κ3) is 11.6. The van der Waals surface area contributed by atoms with Crippen molar-refractivity contribution in [2.24, 2.45) is 5.41 Å². The minimum absolute atomic E-state index is 0.183. The van der Waals surface area contributed by atoms with Gasteiger partial charge in [0.1, 0.15) is 0 Å². The molecule has 174 valence electrons. The molecular formula is C27H48O2S. The normalized spacial score (nSPS) is 13.0. The fourth-order valence-corrected chi connectivity index (χ4v) is 5.11. The van der Waals surface area contributed by atoms with Gasteiger partial charge in [-0.3, -0.25) is 4.79 Å². The zero-order chi connectivity index (χ0) is 22.2. The molecule has 1 rings (SSSR count). The summed E-state index contributed by atoms with van der Waals surface area (Å²) in [5, 5.41) is 1.39. The summed E-state index contributed by atoms with van der Waals surface area (Å²) in [5.74, 6) is 0.183. The second-order valence-corrected chi connectivity index (χ2v) is 11.2. The molecule has 0 spiro atoms. The van der Waals surface area contributed by atoms with Crippen LogP contribution in [0.25, 0.3) is 0 Å². The molecule has 0 saturated carbocycles. The molecule has 30 heavy (non-hydrogen) atoms. The Labute approximate surface area is 191 Å². The molecule has 1 aromatic heterocycles. The van der Waals surface area contributed by atoms with Crippen LogP contribution < -0.4 is 0 Å². The summed E-state index contributed by atoms with van der Waals surface area (Å²) in [5.41, 5.74) is 0.404. The molecule has 0 aliphatic carbocycles. The molecule has 0 fully saturated rings. The number of ketones is 1. The van der Waals surface area contributed by atoms with E-state index in [1.807, 2.05) is 26.8 Å². The zero-order valence-electron chi connectivity index (χ0n) is 20.6. The Morgan fingerprint density at radius 3 is 1.87 bits per heavy atom. The van der Waals surface area contributed by atoms with Crippen molar-refractivity contribution in [2.75, 3.05) is 0 Å². The summed E-state index contributed by atoms with van der Waals surface area (Å²) >= 11 is 1.80. The number of carbonyl (C=O) groups excluding carboxylic acids is 1. The number of thioether (sulfide) groups is 1. The zero-order valence-corrected chi connectivity index (χ0v) is 21.4. The quantitative estimate of drug-likeness (QED) is 0.130. The lowest BCUT2D eigenvalue weighted by Gasteiger charge is -2.18. The van der Waals surface area contributed by atoms with Gasteiger partial charge in [-0.05, 0) is 18.9 Å². The molecule has 0 aliphatic rings. The van der Waals surface area contributed by atoms with Crippen LogP contribution in [0.1, 0.15) is 141 Å². The molecule has 0 amide bonds. The highest BCUT2D eigenvalue weighted by atomic mass is 32.2. The van der Waals surface area contributed by atoms with Gasteiger partial charge in [0.2, 0.25) is 0 Å². The van der Waals surface area contributed by atoms with Crippen LogP contribution in [0.5, 0.6) is 0 Å². The highest BCUT2D eigenvalue weighted by molar-refractivity contribution is 7.99. The smallest absolute Gasteiger partial charge is 0.172 e. The summed E-state index contributed by atoms with van der Waals surface area (Å²) < 4.78 is 5.74. The van der Waals surface area contributed by atoms with Gasteiger partial charge < -0.3 is 4.42 Å². The van der Waals surface area contributed by atoms with Crippen molar-refractivity contribution < 1.29 is 9.21 Å². The Kier molecular flexibility index (Phi) is 14.6. The second-order valence-electron chi connectivity index (χ2n) is 9.91. The van der Waals surface area contributed by atoms with Crippen LogP contribution in [0, 0.1) is 5.41 Å². The minimum Gasteiger partial charge on any atom is -0.457 e. The average molecular weight is 437 g/mol. The fraction of sp³-hybridized carbons (Fsp3) is 0.815. The van der Waals surface area contributed by atoms with Gasteiger partial charge in [-0.2, -0.15) is 0 Å². The van der Waals surface area contributed by atoms with Gasteiger partial charge in [0.05, 0.1) is 11.8 Å². The maximum atomic E-state index is 12.7. The number of hydrogen-bond acceptors (Lipinski definition) is 3. The first-order valence-electron chi connectivity index (χ1n) is 12.7. The van der Waals surface area contributed by atoms with Gasteiger partial charge in [0.15, 0.2) is 10.9 Å². The van der Waals surface area contributed by atoms with Crippen LogP contribution in [0.15, 0.2) is 21.8 Å². The summed E-state index contributed by atoms with van der Waals surface area (Å²) in [6.45, 7) is 10.5. The number of Topliss-reactive ketones (excluding diaryl/α,β-unsaturated/α-hetero) is 1. The molecule has 0 bridgehead atoms. The average Bonchev–Trinajstić information content (AvgIpc) is 3.16. The van der Waals surface area contributed by atoms with E-state index >= 15 is 0 Å². The molecule has 1 aromatic rings. The van der Waals surface area contributed by atoms with E-state index in [9.17, 15) is 4.79 Å². The van der Waals surface area contributed by atoms with E-state index in [1.54, 1.807) is 18.0 Å². The molecule has 1 atom stereocenters. The van der Waals surface area contributed by atoms with Crippen LogP contribution in [0.3, 0.4) is 0 Å². The first-order valence-corrected chi connectivity index (χ1v) is 13.6. The molecule has 2 nitrogen and oxygen atoms in total. The Bertz CT molecular complexity index is 555. The van der Waals surface area contributed by atoms with E-state index < -0.39 is 0 Å². The van der Waals surface area contributed by atoms with E-state index in [0.717, 1.165) is 10.7 Å². The lowest BCUT2D eigenvalue weighted by Crippen LogP contribution is -2.20. The maximum absolute atomic E-state index is 12.7. The van der Waals surface area contributed by atoms with E-state index in [2.05, 4.69) is 13.8 Å². The fourth-order valence-electron chi connectivity index (χ4n) is 3.84. The van der Waals surface area contributed by atoms with Crippen molar-refractivity contribution in [3.63, 3.8) is 0 Å². The van der Waals surface area contributed by atoms with Crippen LogP contribution in [-0.4, -0.2) is 11.0 Å². The van der Waals surface area contributed by atoms with Crippen molar-refractivity contribution in [1.82, 2.24) is 0 Å². The monoisotopic (exact) mass is 436 g/mol. The highest BCUT2D eigenvalue weighted by Crippen LogP contribution is 2.36. The van der Waals surface area contributed by atoms with Crippen molar-refractivity contribution in [3.8, 4) is 0 Å². The SMILES string of the molecule is CCCCCCCCCCCCCC(CCCC)Sc1occc1C(=O)C(C)(C)C. The van der Waals surface area contributed by atoms with Crippen LogP contribution >= 0.6 is 11.8 Å². The topological polar surface area (TPSA) is 30.2 Å². The third-order valence-corrected chi connectivity index (χ3v) is 7.17. The predicted molar refractivity (Wildman–Crippen MR) is 133 cm³/mol. The minimum atomic E-state index is -0.367. The Balaban J connectivity index is 2.33. The second kappa shape index (κ2) is 16.0. The Morgan fingerprint density at radius 2 is 1.33 bits per heavy atom. The van der Waals surface area contributed by atoms with Gasteiger partial charge in [0.25, 0.3) is 0 Å². The van der Waals surface area contributed by atoms with E-state index in [0.29, 0.717) is 5.25 Å². The van der Waals surface area contributed by atoms with E-state index in [1.165, 1.54) is 96.3 Å². The van der Waals surface area contributed by atoms with Crippen LogP contribution in [-0.2, 0) is 0 Å². The predicted octanol–water partition coefficient (Wildman–Crippen LogP) is 9.86. The molecule has 0 aromatic carbocycles. The molecular weight excluding hydrogens is 388 g/mol. The van der Waals surface area contributed by atoms with Gasteiger partial charge in [-0.15, -0.1) is 0 Å². The van der Waals surface area contributed by atoms with E-state index in [-0.39, 0.29) is 11.2 Å². The first-order chi connectivity index (χ1) is 14.4. The number of carbonyl (C=O) groups is 1. The van der Waals surface area contributed by atoms with Crippen molar-refractivity contribution in [2.45, 2.75) is 141 Å².